The standard InChI is InChI=1S/C13H19NO2/c1-12(2)9-13(5-8-16-12)10-4-7-15-11(10)3-6-14-13/h4,7,14H,3,5-6,8-9H2,1-2H3. The van der Waals surface area contributed by atoms with Crippen LogP contribution in [0.3, 0.4) is 0 Å². The number of hydrogen-bond donors (Lipinski definition) is 1. The van der Waals surface area contributed by atoms with Crippen molar-refractivity contribution in [2.24, 2.45) is 0 Å². The third kappa shape index (κ3) is 1.50. The van der Waals surface area contributed by atoms with E-state index < -0.39 is 0 Å². The van der Waals surface area contributed by atoms with Gasteiger partial charge < -0.3 is 14.5 Å². The molecule has 1 N–H and O–H groups in total. The minimum atomic E-state index is -0.0445. The number of hydrogen-bond acceptors (Lipinski definition) is 3. The number of rotatable bonds is 0. The Hall–Kier alpha value is -0.800. The summed E-state index contributed by atoms with van der Waals surface area (Å²) in [4.78, 5) is 0. The molecular formula is C13H19NO2. The van der Waals surface area contributed by atoms with Gasteiger partial charge >= 0.3 is 0 Å². The fraction of sp³-hybridized carbons (Fsp3) is 0.692. The molecule has 0 radical (unpaired) electrons. The van der Waals surface area contributed by atoms with E-state index in [1.807, 2.05) is 6.26 Å². The van der Waals surface area contributed by atoms with Gasteiger partial charge in [-0.15, -0.1) is 0 Å². The van der Waals surface area contributed by atoms with Gasteiger partial charge in [0.15, 0.2) is 0 Å². The largest absolute Gasteiger partial charge is 0.469 e. The predicted molar refractivity (Wildman–Crippen MR) is 61.4 cm³/mol. The molecule has 1 aromatic heterocycles. The SMILES string of the molecule is CC1(C)CC2(CCO1)NCCc1occc12. The molecule has 0 aromatic carbocycles. The molecule has 3 heteroatoms. The summed E-state index contributed by atoms with van der Waals surface area (Å²) in [6, 6.07) is 2.13. The first-order chi connectivity index (χ1) is 7.61. The second-order valence-corrected chi connectivity index (χ2v) is 5.55. The normalized spacial score (nSPS) is 32.6. The van der Waals surface area contributed by atoms with Crippen LogP contribution in [0.1, 0.15) is 38.0 Å². The van der Waals surface area contributed by atoms with E-state index in [1.165, 1.54) is 5.56 Å². The molecule has 2 aliphatic heterocycles. The van der Waals surface area contributed by atoms with Crippen molar-refractivity contribution in [3.05, 3.63) is 23.7 Å². The summed E-state index contributed by atoms with van der Waals surface area (Å²) in [7, 11) is 0. The van der Waals surface area contributed by atoms with Gasteiger partial charge in [0.05, 0.1) is 17.4 Å². The molecule has 0 saturated carbocycles. The zero-order valence-electron chi connectivity index (χ0n) is 10.0. The van der Waals surface area contributed by atoms with Crippen LogP contribution in [0.2, 0.25) is 0 Å². The van der Waals surface area contributed by atoms with E-state index in [9.17, 15) is 0 Å². The van der Waals surface area contributed by atoms with Crippen molar-refractivity contribution < 1.29 is 9.15 Å². The number of fused-ring (bicyclic) bond motifs is 2. The number of furan rings is 1. The van der Waals surface area contributed by atoms with Gasteiger partial charge in [0.25, 0.3) is 0 Å². The van der Waals surface area contributed by atoms with Crippen LogP contribution in [-0.2, 0) is 16.7 Å². The second-order valence-electron chi connectivity index (χ2n) is 5.55. The Bertz CT molecular complexity index is 396. The van der Waals surface area contributed by atoms with Gasteiger partial charge in [0.2, 0.25) is 0 Å². The predicted octanol–water partition coefficient (Wildman–Crippen LogP) is 2.21. The maximum Gasteiger partial charge on any atom is 0.110 e. The van der Waals surface area contributed by atoms with Crippen LogP contribution < -0.4 is 5.32 Å². The van der Waals surface area contributed by atoms with E-state index in [-0.39, 0.29) is 11.1 Å². The average molecular weight is 221 g/mol. The van der Waals surface area contributed by atoms with Crippen molar-refractivity contribution in [3.63, 3.8) is 0 Å². The molecule has 0 amide bonds. The molecule has 2 aliphatic rings. The zero-order valence-corrected chi connectivity index (χ0v) is 10.0. The van der Waals surface area contributed by atoms with Gasteiger partial charge in [-0.1, -0.05) is 0 Å². The maximum absolute atomic E-state index is 5.81. The van der Waals surface area contributed by atoms with Crippen LogP contribution in [0.5, 0.6) is 0 Å². The van der Waals surface area contributed by atoms with Crippen LogP contribution in [0.15, 0.2) is 16.7 Å². The minimum absolute atomic E-state index is 0.0445. The van der Waals surface area contributed by atoms with Crippen LogP contribution in [-0.4, -0.2) is 18.8 Å². The fourth-order valence-electron chi connectivity index (χ4n) is 3.22. The Morgan fingerprint density at radius 2 is 2.25 bits per heavy atom. The summed E-state index contributed by atoms with van der Waals surface area (Å²) in [5.74, 6) is 1.16. The summed E-state index contributed by atoms with van der Waals surface area (Å²) in [5.41, 5.74) is 1.40. The zero-order chi connectivity index (χ0) is 11.2. The van der Waals surface area contributed by atoms with Crippen molar-refractivity contribution in [2.45, 2.75) is 44.2 Å². The first-order valence-corrected chi connectivity index (χ1v) is 6.07. The van der Waals surface area contributed by atoms with E-state index >= 15 is 0 Å². The highest BCUT2D eigenvalue weighted by molar-refractivity contribution is 5.31. The summed E-state index contributed by atoms with van der Waals surface area (Å²) < 4.78 is 11.4. The third-order valence-corrected chi connectivity index (χ3v) is 3.83. The third-order valence-electron chi connectivity index (χ3n) is 3.83. The van der Waals surface area contributed by atoms with Gasteiger partial charge in [0.1, 0.15) is 5.76 Å². The van der Waals surface area contributed by atoms with Crippen molar-refractivity contribution >= 4 is 0 Å². The maximum atomic E-state index is 5.81. The Morgan fingerprint density at radius 1 is 1.38 bits per heavy atom. The van der Waals surface area contributed by atoms with Gasteiger partial charge in [-0.05, 0) is 32.8 Å². The Kier molecular flexibility index (Phi) is 2.17. The van der Waals surface area contributed by atoms with Crippen molar-refractivity contribution in [3.8, 4) is 0 Å². The van der Waals surface area contributed by atoms with E-state index in [1.54, 1.807) is 0 Å². The molecule has 1 aromatic rings. The molecule has 1 spiro atoms. The van der Waals surface area contributed by atoms with E-state index in [0.717, 1.165) is 38.2 Å². The van der Waals surface area contributed by atoms with Crippen molar-refractivity contribution in [1.82, 2.24) is 5.32 Å². The molecule has 1 fully saturated rings. The quantitative estimate of drug-likeness (QED) is 0.729. The molecule has 3 heterocycles. The molecule has 16 heavy (non-hydrogen) atoms. The number of ether oxygens (including phenoxy) is 1. The highest BCUT2D eigenvalue weighted by Crippen LogP contribution is 2.42. The molecule has 1 unspecified atom stereocenters. The van der Waals surface area contributed by atoms with E-state index in [4.69, 9.17) is 9.15 Å². The summed E-state index contributed by atoms with van der Waals surface area (Å²) >= 11 is 0. The minimum Gasteiger partial charge on any atom is -0.469 e. The van der Waals surface area contributed by atoms with Gasteiger partial charge in [-0.25, -0.2) is 0 Å². The number of nitrogens with one attached hydrogen (secondary N) is 1. The van der Waals surface area contributed by atoms with Crippen LogP contribution in [0.25, 0.3) is 0 Å². The Labute approximate surface area is 96.2 Å². The molecule has 3 rings (SSSR count). The fourth-order valence-corrected chi connectivity index (χ4v) is 3.22. The molecule has 1 saturated heterocycles. The molecular weight excluding hydrogens is 202 g/mol. The molecule has 3 nitrogen and oxygen atoms in total. The van der Waals surface area contributed by atoms with Crippen LogP contribution in [0.4, 0.5) is 0 Å². The lowest BCUT2D eigenvalue weighted by atomic mass is 9.74. The first-order valence-electron chi connectivity index (χ1n) is 6.07. The van der Waals surface area contributed by atoms with Crippen molar-refractivity contribution in [2.75, 3.05) is 13.2 Å². The van der Waals surface area contributed by atoms with Crippen LogP contribution >= 0.6 is 0 Å². The van der Waals surface area contributed by atoms with Gasteiger partial charge in [0, 0.05) is 25.1 Å². The highest BCUT2D eigenvalue weighted by Gasteiger charge is 2.45. The topological polar surface area (TPSA) is 34.4 Å². The van der Waals surface area contributed by atoms with Gasteiger partial charge in [-0.3, -0.25) is 0 Å². The van der Waals surface area contributed by atoms with Gasteiger partial charge in [-0.2, -0.15) is 0 Å². The lowest BCUT2D eigenvalue weighted by Crippen LogP contribution is -2.54. The lowest BCUT2D eigenvalue weighted by Gasteiger charge is -2.47. The molecule has 0 aliphatic carbocycles. The first kappa shape index (κ1) is 10.4. The van der Waals surface area contributed by atoms with Crippen LogP contribution in [0, 0.1) is 0 Å². The van der Waals surface area contributed by atoms with E-state index in [2.05, 4.69) is 25.2 Å². The summed E-state index contributed by atoms with van der Waals surface area (Å²) in [5, 5.41) is 3.69. The smallest absolute Gasteiger partial charge is 0.110 e. The summed E-state index contributed by atoms with van der Waals surface area (Å²) in [6.45, 7) is 6.18. The van der Waals surface area contributed by atoms with E-state index in [0.29, 0.717) is 0 Å². The summed E-state index contributed by atoms with van der Waals surface area (Å²) in [6.07, 6.45) is 4.89. The average Bonchev–Trinajstić information content (AvgIpc) is 2.65. The Balaban J connectivity index is 2.00. The molecule has 0 bridgehead atoms. The second kappa shape index (κ2) is 3.34. The highest BCUT2D eigenvalue weighted by atomic mass is 16.5. The Morgan fingerprint density at radius 3 is 3.06 bits per heavy atom. The molecule has 1 atom stereocenters. The van der Waals surface area contributed by atoms with Crippen molar-refractivity contribution in [1.29, 1.82) is 0 Å². The monoisotopic (exact) mass is 221 g/mol. The molecule has 88 valence electrons. The lowest BCUT2D eigenvalue weighted by molar-refractivity contribution is -0.0913.